The van der Waals surface area contributed by atoms with Crippen LogP contribution in [0.15, 0.2) is 12.1 Å². The lowest BCUT2D eigenvalue weighted by molar-refractivity contribution is -0.120. The molecule has 1 heterocycles. The summed E-state index contributed by atoms with van der Waals surface area (Å²) in [7, 11) is 0. The van der Waals surface area contributed by atoms with Crippen LogP contribution in [0.5, 0.6) is 5.75 Å². The first-order valence-corrected chi connectivity index (χ1v) is 6.96. The molecule has 3 nitrogen and oxygen atoms in total. The van der Waals surface area contributed by atoms with Crippen molar-refractivity contribution in [1.82, 2.24) is 5.31 Å². The fraction of sp³-hybridized carbons (Fsp3) is 0.562. The Balaban J connectivity index is 1.70. The predicted molar refractivity (Wildman–Crippen MR) is 74.6 cm³/mol. The summed E-state index contributed by atoms with van der Waals surface area (Å²) in [6, 6.07) is 4.18. The summed E-state index contributed by atoms with van der Waals surface area (Å²) in [6.07, 6.45) is 1.73. The van der Waals surface area contributed by atoms with Crippen molar-refractivity contribution >= 4 is 5.91 Å². The molecule has 1 aliphatic heterocycles. The van der Waals surface area contributed by atoms with Gasteiger partial charge in [0.1, 0.15) is 5.75 Å². The third kappa shape index (κ3) is 2.34. The molecule has 1 N–H and O–H groups in total. The van der Waals surface area contributed by atoms with Gasteiger partial charge in [0, 0.05) is 27.6 Å². The number of ether oxygens (including phenoxy) is 1. The van der Waals surface area contributed by atoms with E-state index in [1.165, 1.54) is 23.6 Å². The molecule has 3 heteroatoms. The Morgan fingerprint density at radius 3 is 3.32 bits per heavy atom. The second kappa shape index (κ2) is 5.24. The molecule has 1 atom stereocenters. The van der Waals surface area contributed by atoms with Crippen LogP contribution in [0.4, 0.5) is 0 Å². The van der Waals surface area contributed by atoms with E-state index in [1.54, 1.807) is 0 Å². The lowest BCUT2D eigenvalue weighted by Gasteiger charge is -2.15. The Morgan fingerprint density at radius 2 is 2.47 bits per heavy atom. The van der Waals surface area contributed by atoms with Gasteiger partial charge in [0.15, 0.2) is 1.41 Å². The van der Waals surface area contributed by atoms with Crippen LogP contribution in [-0.4, -0.2) is 19.1 Å². The van der Waals surface area contributed by atoms with Crippen molar-refractivity contribution in [3.63, 3.8) is 0 Å². The fourth-order valence-electron chi connectivity index (χ4n) is 3.24. The molecule has 0 aromatic heterocycles. The van der Waals surface area contributed by atoms with Crippen LogP contribution >= 0.6 is 0 Å². The number of aryl methyl sites for hydroxylation is 1. The van der Waals surface area contributed by atoms with Gasteiger partial charge in [-0.3, -0.25) is 4.79 Å². The topological polar surface area (TPSA) is 38.3 Å². The summed E-state index contributed by atoms with van der Waals surface area (Å²) < 4.78 is 28.2. The predicted octanol–water partition coefficient (Wildman–Crippen LogP) is 2.57. The number of hydrogen-bond donors (Lipinski definition) is 1. The largest absolute Gasteiger partial charge is 0.493 e. The van der Waals surface area contributed by atoms with E-state index in [0.29, 0.717) is 12.3 Å². The normalized spacial score (nSPS) is 22.8. The number of rotatable bonds is 4. The quantitative estimate of drug-likeness (QED) is 0.905. The number of hydrogen-bond acceptors (Lipinski definition) is 2. The molecule has 1 aromatic rings. The minimum Gasteiger partial charge on any atom is -0.493 e. The third-order valence-electron chi connectivity index (χ3n) is 4.13. The Labute approximate surface area is 118 Å². The highest BCUT2D eigenvalue weighted by molar-refractivity contribution is 5.75. The monoisotopic (exact) mass is 262 g/mol. The van der Waals surface area contributed by atoms with Gasteiger partial charge in [-0.05, 0) is 42.4 Å². The highest BCUT2D eigenvalue weighted by atomic mass is 16.5. The number of benzene rings is 1. The van der Waals surface area contributed by atoms with Gasteiger partial charge in [-0.1, -0.05) is 13.0 Å². The van der Waals surface area contributed by atoms with Gasteiger partial charge >= 0.3 is 0 Å². The van der Waals surface area contributed by atoms with E-state index in [0.717, 1.165) is 36.9 Å². The average molecular weight is 262 g/mol. The summed E-state index contributed by atoms with van der Waals surface area (Å²) in [6.45, 7) is 2.20. The molecular weight excluding hydrogens is 238 g/mol. The van der Waals surface area contributed by atoms with E-state index in [-0.39, 0.29) is 6.54 Å². The number of amides is 1. The first kappa shape index (κ1) is 9.40. The van der Waals surface area contributed by atoms with Crippen molar-refractivity contribution in [3.05, 3.63) is 28.8 Å². The lowest BCUT2D eigenvalue weighted by atomic mass is 9.92. The molecule has 1 amide bonds. The van der Waals surface area contributed by atoms with E-state index < -0.39 is 12.3 Å². The first-order chi connectivity index (χ1) is 10.4. The van der Waals surface area contributed by atoms with Crippen molar-refractivity contribution in [2.24, 2.45) is 0 Å². The Kier molecular flexibility index (Phi) is 2.59. The molecule has 0 saturated carbocycles. The average Bonchev–Trinajstić information content (AvgIpc) is 3.08. The van der Waals surface area contributed by atoms with Crippen molar-refractivity contribution in [3.8, 4) is 5.75 Å². The third-order valence-corrected chi connectivity index (χ3v) is 4.13. The SMILES string of the molecule is [2H]N(CC[C@@H]1CCc2ccc3c(c21)CCO3)C(=O)C([2H])([2H])C. The zero-order chi connectivity index (χ0) is 15.9. The van der Waals surface area contributed by atoms with Crippen LogP contribution in [0.25, 0.3) is 0 Å². The highest BCUT2D eigenvalue weighted by Gasteiger charge is 2.29. The van der Waals surface area contributed by atoms with E-state index in [4.69, 9.17) is 8.89 Å². The van der Waals surface area contributed by atoms with Crippen LogP contribution in [0, 0.1) is 0 Å². The Hall–Kier alpha value is -1.51. The molecule has 19 heavy (non-hydrogen) atoms. The van der Waals surface area contributed by atoms with Crippen molar-refractivity contribution in [2.75, 3.05) is 13.2 Å². The summed E-state index contributed by atoms with van der Waals surface area (Å²) in [5.74, 6) is 0.553. The Morgan fingerprint density at radius 1 is 1.58 bits per heavy atom. The van der Waals surface area contributed by atoms with Gasteiger partial charge in [-0.15, -0.1) is 0 Å². The molecule has 0 radical (unpaired) electrons. The van der Waals surface area contributed by atoms with E-state index in [9.17, 15) is 4.79 Å². The highest BCUT2D eigenvalue weighted by Crippen LogP contribution is 2.42. The standard InChI is InChI=1S/C16H21NO2/c1-2-15(18)17-9-7-12-4-3-11-5-6-14-13(16(11)12)8-10-19-14/h5-6,12H,2-4,7-10H2,1H3,(H,17,18)/t12-/m0/s1/i2D2/hD. The van der Waals surface area contributed by atoms with Crippen molar-refractivity contribution < 1.29 is 13.7 Å². The maximum atomic E-state index is 11.7. The van der Waals surface area contributed by atoms with Gasteiger partial charge in [-0.25, -0.2) is 0 Å². The number of fused-ring (bicyclic) bond motifs is 3. The maximum Gasteiger partial charge on any atom is 0.219 e. The molecule has 0 fully saturated rings. The smallest absolute Gasteiger partial charge is 0.219 e. The molecule has 0 spiro atoms. The Bertz CT molecular complexity index is 598. The van der Waals surface area contributed by atoms with E-state index >= 15 is 0 Å². The van der Waals surface area contributed by atoms with Crippen LogP contribution in [0.2, 0.25) is 1.41 Å². The molecule has 0 saturated heterocycles. The van der Waals surface area contributed by atoms with Crippen molar-refractivity contribution in [2.45, 2.75) is 44.9 Å². The summed E-state index contributed by atoms with van der Waals surface area (Å²) in [5, 5.41) is 0.775. The van der Waals surface area contributed by atoms with Gasteiger partial charge in [0.25, 0.3) is 0 Å². The van der Waals surface area contributed by atoms with Gasteiger partial charge in [0.2, 0.25) is 5.91 Å². The molecule has 0 unspecified atom stereocenters. The van der Waals surface area contributed by atoms with E-state index in [1.807, 2.05) is 0 Å². The zero-order valence-electron chi connectivity index (χ0n) is 14.2. The molecule has 1 aliphatic carbocycles. The van der Waals surface area contributed by atoms with Crippen LogP contribution < -0.4 is 10.0 Å². The molecule has 0 bridgehead atoms. The number of carbonyl (C=O) groups excluding carboxylic acids is 1. The summed E-state index contributed by atoms with van der Waals surface area (Å²) >= 11 is 0. The summed E-state index contributed by atoms with van der Waals surface area (Å²) in [4.78, 5) is 11.7. The number of carbonyl (C=O) groups is 1. The molecule has 2 aliphatic rings. The summed E-state index contributed by atoms with van der Waals surface area (Å²) in [5.41, 5.74) is 4.02. The first-order valence-electron chi connectivity index (χ1n) is 8.41. The van der Waals surface area contributed by atoms with Crippen molar-refractivity contribution in [1.29, 1.82) is 0 Å². The fourth-order valence-corrected chi connectivity index (χ4v) is 3.24. The second-order valence-corrected chi connectivity index (χ2v) is 5.17. The van der Waals surface area contributed by atoms with Gasteiger partial charge < -0.3 is 10.0 Å². The molecular formula is C16H21NO2. The molecule has 102 valence electrons. The van der Waals surface area contributed by atoms with Crippen LogP contribution in [0.1, 0.15) is 51.5 Å². The molecule has 1 aromatic carbocycles. The van der Waals surface area contributed by atoms with Crippen LogP contribution in [-0.2, 0) is 17.6 Å². The second-order valence-electron chi connectivity index (χ2n) is 5.17. The zero-order valence-corrected chi connectivity index (χ0v) is 11.2. The van der Waals surface area contributed by atoms with Gasteiger partial charge in [0.05, 0.1) is 6.61 Å². The van der Waals surface area contributed by atoms with Gasteiger partial charge in [-0.2, -0.15) is 0 Å². The maximum absolute atomic E-state index is 11.7. The lowest BCUT2D eigenvalue weighted by Crippen LogP contribution is -2.24. The van der Waals surface area contributed by atoms with Crippen LogP contribution in [0.3, 0.4) is 0 Å². The number of nitrogens with one attached hydrogen (secondary N) is 1. The minimum absolute atomic E-state index is 0.265. The van der Waals surface area contributed by atoms with E-state index in [2.05, 4.69) is 12.1 Å². The minimum atomic E-state index is -1.98. The molecule has 3 rings (SSSR count).